The maximum absolute atomic E-state index is 6.00. The van der Waals surface area contributed by atoms with Gasteiger partial charge in [0.15, 0.2) is 0 Å². The second-order valence-electron chi connectivity index (χ2n) is 4.69. The largest absolute Gasteiger partial charge is 0.329 e. The molecular formula is C16H20BrN3. The Hall–Kier alpha value is -1.23. The summed E-state index contributed by atoms with van der Waals surface area (Å²) in [5.41, 5.74) is 8.32. The number of halogens is 1. The minimum Gasteiger partial charge on any atom is -0.329 e. The minimum absolute atomic E-state index is 0.218. The van der Waals surface area contributed by atoms with E-state index < -0.39 is 0 Å². The van der Waals surface area contributed by atoms with Gasteiger partial charge >= 0.3 is 0 Å². The summed E-state index contributed by atoms with van der Waals surface area (Å²) in [6, 6.07) is 14.6. The van der Waals surface area contributed by atoms with Gasteiger partial charge in [-0.25, -0.2) is 0 Å². The molecule has 0 fully saturated rings. The quantitative estimate of drug-likeness (QED) is 0.881. The summed E-state index contributed by atoms with van der Waals surface area (Å²) in [5.74, 6) is 0. The van der Waals surface area contributed by atoms with Gasteiger partial charge < -0.3 is 5.73 Å². The lowest BCUT2D eigenvalue weighted by atomic mass is 10.1. The Balaban J connectivity index is 2.17. The number of likely N-dealkylation sites (N-methyl/N-ethyl adjacent to an activating group) is 1. The fourth-order valence-corrected chi connectivity index (χ4v) is 2.59. The Morgan fingerprint density at radius 1 is 1.20 bits per heavy atom. The zero-order valence-electron chi connectivity index (χ0n) is 11.7. The van der Waals surface area contributed by atoms with Crippen molar-refractivity contribution in [3.8, 4) is 0 Å². The molecule has 0 aliphatic heterocycles. The van der Waals surface area contributed by atoms with Gasteiger partial charge in [0.05, 0.1) is 5.69 Å². The second kappa shape index (κ2) is 7.53. The van der Waals surface area contributed by atoms with E-state index in [1.54, 1.807) is 0 Å². The van der Waals surface area contributed by atoms with Crippen LogP contribution in [0.1, 0.15) is 24.2 Å². The van der Waals surface area contributed by atoms with Crippen LogP contribution in [-0.4, -0.2) is 23.0 Å². The van der Waals surface area contributed by atoms with Gasteiger partial charge in [-0.15, -0.1) is 0 Å². The lowest BCUT2D eigenvalue weighted by Gasteiger charge is -2.30. The molecule has 0 aliphatic rings. The van der Waals surface area contributed by atoms with E-state index in [1.807, 2.05) is 18.3 Å². The number of hydrogen-bond acceptors (Lipinski definition) is 3. The number of aromatic nitrogens is 1. The van der Waals surface area contributed by atoms with Gasteiger partial charge in [-0.1, -0.05) is 41.1 Å². The first-order valence-corrected chi connectivity index (χ1v) is 7.63. The van der Waals surface area contributed by atoms with Crippen LogP contribution >= 0.6 is 15.9 Å². The predicted octanol–water partition coefficient (Wildman–Crippen LogP) is 3.37. The molecule has 0 saturated heterocycles. The topological polar surface area (TPSA) is 42.2 Å². The number of pyridine rings is 1. The van der Waals surface area contributed by atoms with E-state index in [9.17, 15) is 0 Å². The first-order chi connectivity index (χ1) is 9.74. The standard InChI is InChI=1S/C16H20BrN3/c1-2-20(12-15-5-3-4-10-19-15)16(11-18)13-6-8-14(17)9-7-13/h3-10,16H,2,11-12,18H2,1H3. The molecular weight excluding hydrogens is 314 g/mol. The summed E-state index contributed by atoms with van der Waals surface area (Å²) < 4.78 is 1.09. The Kier molecular flexibility index (Phi) is 5.71. The number of hydrogen-bond donors (Lipinski definition) is 1. The van der Waals surface area contributed by atoms with E-state index in [-0.39, 0.29) is 6.04 Å². The first-order valence-electron chi connectivity index (χ1n) is 6.84. The molecule has 0 radical (unpaired) electrons. The summed E-state index contributed by atoms with van der Waals surface area (Å²) in [4.78, 5) is 6.75. The van der Waals surface area contributed by atoms with E-state index in [0.717, 1.165) is 23.3 Å². The van der Waals surface area contributed by atoms with Gasteiger partial charge in [0, 0.05) is 29.8 Å². The normalized spacial score (nSPS) is 12.6. The van der Waals surface area contributed by atoms with Gasteiger partial charge in [0.1, 0.15) is 0 Å². The molecule has 1 atom stereocenters. The van der Waals surface area contributed by atoms with Crippen molar-refractivity contribution in [2.45, 2.75) is 19.5 Å². The summed E-state index contributed by atoms with van der Waals surface area (Å²) in [5, 5.41) is 0. The highest BCUT2D eigenvalue weighted by Gasteiger charge is 2.18. The first kappa shape index (κ1) is 15.2. The zero-order valence-corrected chi connectivity index (χ0v) is 13.3. The fourth-order valence-electron chi connectivity index (χ4n) is 2.32. The van der Waals surface area contributed by atoms with Crippen molar-refractivity contribution < 1.29 is 0 Å². The van der Waals surface area contributed by atoms with Crippen molar-refractivity contribution in [3.05, 3.63) is 64.4 Å². The fraction of sp³-hybridized carbons (Fsp3) is 0.312. The predicted molar refractivity (Wildman–Crippen MR) is 86.3 cm³/mol. The van der Waals surface area contributed by atoms with E-state index in [2.05, 4.69) is 63.1 Å². The summed E-state index contributed by atoms with van der Waals surface area (Å²) in [6.07, 6.45) is 1.83. The molecule has 1 unspecified atom stereocenters. The maximum Gasteiger partial charge on any atom is 0.0544 e. The van der Waals surface area contributed by atoms with Crippen LogP contribution in [-0.2, 0) is 6.54 Å². The van der Waals surface area contributed by atoms with Crippen LogP contribution in [0.2, 0.25) is 0 Å². The number of nitrogens with zero attached hydrogens (tertiary/aromatic N) is 2. The maximum atomic E-state index is 6.00. The Bertz CT molecular complexity index is 513. The molecule has 0 spiro atoms. The van der Waals surface area contributed by atoms with Gasteiger partial charge in [-0.2, -0.15) is 0 Å². The lowest BCUT2D eigenvalue weighted by Crippen LogP contribution is -2.33. The Morgan fingerprint density at radius 3 is 2.50 bits per heavy atom. The smallest absolute Gasteiger partial charge is 0.0544 e. The second-order valence-corrected chi connectivity index (χ2v) is 5.60. The highest BCUT2D eigenvalue weighted by Crippen LogP contribution is 2.23. The number of rotatable bonds is 6. The number of benzene rings is 1. The lowest BCUT2D eigenvalue weighted by molar-refractivity contribution is 0.201. The molecule has 2 aromatic rings. The molecule has 106 valence electrons. The van der Waals surface area contributed by atoms with E-state index in [4.69, 9.17) is 5.73 Å². The molecule has 1 heterocycles. The average Bonchev–Trinajstić information content (AvgIpc) is 2.49. The van der Waals surface area contributed by atoms with Gasteiger partial charge in [-0.05, 0) is 36.4 Å². The van der Waals surface area contributed by atoms with E-state index in [1.165, 1.54) is 5.56 Å². The molecule has 2 rings (SSSR count). The summed E-state index contributed by atoms with van der Waals surface area (Å²) >= 11 is 3.47. The molecule has 3 nitrogen and oxygen atoms in total. The number of nitrogens with two attached hydrogens (primary N) is 1. The van der Waals surface area contributed by atoms with Crippen molar-refractivity contribution in [2.75, 3.05) is 13.1 Å². The van der Waals surface area contributed by atoms with Gasteiger partial charge in [0.2, 0.25) is 0 Å². The SMILES string of the molecule is CCN(Cc1ccccn1)C(CN)c1ccc(Br)cc1. The Morgan fingerprint density at radius 2 is 1.95 bits per heavy atom. The molecule has 4 heteroatoms. The van der Waals surface area contributed by atoms with Gasteiger partial charge in [0.25, 0.3) is 0 Å². The third kappa shape index (κ3) is 3.88. The van der Waals surface area contributed by atoms with Crippen molar-refractivity contribution >= 4 is 15.9 Å². The van der Waals surface area contributed by atoms with Crippen LogP contribution < -0.4 is 5.73 Å². The zero-order chi connectivity index (χ0) is 14.4. The van der Waals surface area contributed by atoms with E-state index in [0.29, 0.717) is 6.54 Å². The molecule has 20 heavy (non-hydrogen) atoms. The van der Waals surface area contributed by atoms with Crippen LogP contribution in [0.4, 0.5) is 0 Å². The van der Waals surface area contributed by atoms with Gasteiger partial charge in [-0.3, -0.25) is 9.88 Å². The van der Waals surface area contributed by atoms with Crippen molar-refractivity contribution in [3.63, 3.8) is 0 Å². The molecule has 0 amide bonds. The third-order valence-electron chi connectivity index (χ3n) is 3.42. The van der Waals surface area contributed by atoms with Crippen molar-refractivity contribution in [1.29, 1.82) is 0 Å². The van der Waals surface area contributed by atoms with Crippen molar-refractivity contribution in [2.24, 2.45) is 5.73 Å². The van der Waals surface area contributed by atoms with Crippen LogP contribution in [0.15, 0.2) is 53.1 Å². The average molecular weight is 334 g/mol. The molecule has 0 bridgehead atoms. The van der Waals surface area contributed by atoms with Crippen LogP contribution in [0, 0.1) is 0 Å². The summed E-state index contributed by atoms with van der Waals surface area (Å²) in [7, 11) is 0. The summed E-state index contributed by atoms with van der Waals surface area (Å²) in [6.45, 7) is 4.51. The molecule has 1 aromatic heterocycles. The molecule has 1 aromatic carbocycles. The highest BCUT2D eigenvalue weighted by atomic mass is 79.9. The third-order valence-corrected chi connectivity index (χ3v) is 3.94. The highest BCUT2D eigenvalue weighted by molar-refractivity contribution is 9.10. The minimum atomic E-state index is 0.218. The Labute approximate surface area is 129 Å². The molecule has 2 N–H and O–H groups in total. The van der Waals surface area contributed by atoms with Crippen LogP contribution in [0.3, 0.4) is 0 Å². The molecule has 0 aliphatic carbocycles. The van der Waals surface area contributed by atoms with Crippen LogP contribution in [0.25, 0.3) is 0 Å². The van der Waals surface area contributed by atoms with Crippen LogP contribution in [0.5, 0.6) is 0 Å². The van der Waals surface area contributed by atoms with Crippen molar-refractivity contribution in [1.82, 2.24) is 9.88 Å². The van der Waals surface area contributed by atoms with E-state index >= 15 is 0 Å². The monoisotopic (exact) mass is 333 g/mol. The molecule has 0 saturated carbocycles.